The van der Waals surface area contributed by atoms with Gasteiger partial charge >= 0.3 is 0 Å². The Balaban J connectivity index is 1.76. The number of nitrogens with zero attached hydrogens (tertiary/aromatic N) is 1. The number of rotatable bonds is 4. The molecule has 0 spiro atoms. The normalized spacial score (nSPS) is 11.8. The van der Waals surface area contributed by atoms with Crippen LogP contribution in [0.5, 0.6) is 0 Å². The second kappa shape index (κ2) is 6.94. The van der Waals surface area contributed by atoms with Crippen LogP contribution in [0.15, 0.2) is 79.1 Å². The largest absolute Gasteiger partial charge is 0.324 e. The van der Waals surface area contributed by atoms with Gasteiger partial charge in [-0.25, -0.2) is 0 Å². The molecule has 3 rings (SSSR count). The summed E-state index contributed by atoms with van der Waals surface area (Å²) in [6.45, 7) is 6.58. The highest BCUT2D eigenvalue weighted by Gasteiger charge is 2.12. The molecular weight excluding hydrogens is 306 g/mol. The molecule has 2 heteroatoms. The molecular formula is C23H23NO. The Labute approximate surface area is 149 Å². The molecule has 1 aromatic heterocycles. The van der Waals surface area contributed by atoms with E-state index < -0.39 is 0 Å². The van der Waals surface area contributed by atoms with Gasteiger partial charge in [0.15, 0.2) is 5.78 Å². The summed E-state index contributed by atoms with van der Waals surface area (Å²) in [5, 5.41) is 0. The average molecular weight is 329 g/mol. The summed E-state index contributed by atoms with van der Waals surface area (Å²) in [5.41, 5.74) is 4.13. The third-order valence-electron chi connectivity index (χ3n) is 4.24. The molecule has 0 amide bonds. The summed E-state index contributed by atoms with van der Waals surface area (Å²) >= 11 is 0. The number of ketones is 1. The lowest BCUT2D eigenvalue weighted by atomic mass is 9.87. The molecule has 0 saturated carbocycles. The van der Waals surface area contributed by atoms with E-state index in [9.17, 15) is 4.79 Å². The fraction of sp³-hybridized carbons (Fsp3) is 0.174. The fourth-order valence-corrected chi connectivity index (χ4v) is 2.69. The van der Waals surface area contributed by atoms with E-state index in [0.29, 0.717) is 5.56 Å². The van der Waals surface area contributed by atoms with Crippen LogP contribution in [0.1, 0.15) is 42.3 Å². The molecule has 25 heavy (non-hydrogen) atoms. The number of carbonyl (C=O) groups is 1. The predicted molar refractivity (Wildman–Crippen MR) is 104 cm³/mol. The summed E-state index contributed by atoms with van der Waals surface area (Å²) < 4.78 is 1.99. The van der Waals surface area contributed by atoms with Crippen molar-refractivity contribution in [2.24, 2.45) is 0 Å². The summed E-state index contributed by atoms with van der Waals surface area (Å²) in [6, 6.07) is 20.0. The van der Waals surface area contributed by atoms with Gasteiger partial charge in [0.1, 0.15) is 0 Å². The minimum Gasteiger partial charge on any atom is -0.324 e. The third kappa shape index (κ3) is 4.16. The van der Waals surface area contributed by atoms with Gasteiger partial charge in [-0.1, -0.05) is 63.2 Å². The van der Waals surface area contributed by atoms with E-state index >= 15 is 0 Å². The smallest absolute Gasteiger partial charge is 0.185 e. The van der Waals surface area contributed by atoms with Crippen molar-refractivity contribution in [2.75, 3.05) is 0 Å². The molecule has 0 unspecified atom stereocenters. The van der Waals surface area contributed by atoms with E-state index in [2.05, 4.69) is 45.0 Å². The van der Waals surface area contributed by atoms with Gasteiger partial charge in [-0.2, -0.15) is 0 Å². The van der Waals surface area contributed by atoms with Crippen LogP contribution in [0.3, 0.4) is 0 Å². The molecule has 1 heterocycles. The highest BCUT2D eigenvalue weighted by Crippen LogP contribution is 2.22. The van der Waals surface area contributed by atoms with Gasteiger partial charge in [0.2, 0.25) is 0 Å². The number of hydrogen-bond acceptors (Lipinski definition) is 1. The number of allylic oxidation sites excluding steroid dienone is 1. The van der Waals surface area contributed by atoms with Crippen LogP contribution < -0.4 is 0 Å². The Morgan fingerprint density at radius 1 is 0.920 bits per heavy atom. The van der Waals surface area contributed by atoms with Crippen molar-refractivity contribution < 1.29 is 4.79 Å². The van der Waals surface area contributed by atoms with Crippen molar-refractivity contribution in [3.8, 4) is 5.69 Å². The third-order valence-corrected chi connectivity index (χ3v) is 4.24. The quantitative estimate of drug-likeness (QED) is 0.446. The summed E-state index contributed by atoms with van der Waals surface area (Å²) in [7, 11) is 0. The molecule has 0 N–H and O–H groups in total. The summed E-state index contributed by atoms with van der Waals surface area (Å²) in [4.78, 5) is 12.5. The Morgan fingerprint density at radius 2 is 1.60 bits per heavy atom. The zero-order valence-electron chi connectivity index (χ0n) is 14.9. The maximum atomic E-state index is 12.5. The Morgan fingerprint density at radius 3 is 2.24 bits per heavy atom. The van der Waals surface area contributed by atoms with Gasteiger partial charge in [0.25, 0.3) is 0 Å². The lowest BCUT2D eigenvalue weighted by molar-refractivity contribution is 0.104. The van der Waals surface area contributed by atoms with Crippen molar-refractivity contribution >= 4 is 11.9 Å². The van der Waals surface area contributed by atoms with Crippen molar-refractivity contribution in [1.29, 1.82) is 0 Å². The van der Waals surface area contributed by atoms with Crippen molar-refractivity contribution in [1.82, 2.24) is 4.57 Å². The SMILES string of the molecule is CC(C)(C)c1ccc(/C=C/C(=O)c2cccc(-n3cccc3)c2)cc1. The van der Waals surface area contributed by atoms with Gasteiger partial charge in [-0.3, -0.25) is 4.79 Å². The first-order chi connectivity index (χ1) is 11.9. The molecule has 0 bridgehead atoms. The lowest BCUT2D eigenvalue weighted by Gasteiger charge is -2.18. The van der Waals surface area contributed by atoms with Crippen molar-refractivity contribution in [2.45, 2.75) is 26.2 Å². The van der Waals surface area contributed by atoms with Crippen LogP contribution in [0.25, 0.3) is 11.8 Å². The van der Waals surface area contributed by atoms with Gasteiger partial charge in [-0.15, -0.1) is 0 Å². The van der Waals surface area contributed by atoms with Crippen LogP contribution in [0, 0.1) is 0 Å². The molecule has 2 nitrogen and oxygen atoms in total. The van der Waals surface area contributed by atoms with E-state index in [0.717, 1.165) is 11.3 Å². The summed E-state index contributed by atoms with van der Waals surface area (Å²) in [6.07, 6.45) is 7.45. The number of aromatic nitrogens is 1. The van der Waals surface area contributed by atoms with Gasteiger partial charge in [-0.05, 0) is 46.9 Å². The van der Waals surface area contributed by atoms with Crippen LogP contribution in [-0.4, -0.2) is 10.4 Å². The van der Waals surface area contributed by atoms with Gasteiger partial charge < -0.3 is 4.57 Å². The number of hydrogen-bond donors (Lipinski definition) is 0. The predicted octanol–water partition coefficient (Wildman–Crippen LogP) is 5.67. The van der Waals surface area contributed by atoms with Crippen molar-refractivity contribution in [3.63, 3.8) is 0 Å². The topological polar surface area (TPSA) is 22.0 Å². The average Bonchev–Trinajstić information content (AvgIpc) is 3.14. The molecule has 0 radical (unpaired) electrons. The number of benzene rings is 2. The molecule has 0 fully saturated rings. The van der Waals surface area contributed by atoms with Gasteiger partial charge in [0.05, 0.1) is 0 Å². The van der Waals surface area contributed by atoms with E-state index in [1.807, 2.05) is 59.4 Å². The van der Waals surface area contributed by atoms with Crippen LogP contribution in [0.4, 0.5) is 0 Å². The standard InChI is InChI=1S/C23H23NO/c1-23(2,3)20-12-9-18(10-13-20)11-14-22(25)19-7-6-8-21(17-19)24-15-4-5-16-24/h4-17H,1-3H3/b14-11+. The molecule has 3 aromatic rings. The maximum Gasteiger partial charge on any atom is 0.185 e. The van der Waals surface area contributed by atoms with Crippen molar-refractivity contribution in [3.05, 3.63) is 95.8 Å². The molecule has 0 aliphatic carbocycles. The van der Waals surface area contributed by atoms with E-state index in [1.165, 1.54) is 5.56 Å². The first-order valence-corrected chi connectivity index (χ1v) is 8.50. The number of carbonyl (C=O) groups excluding carboxylic acids is 1. The van der Waals surface area contributed by atoms with Crippen LogP contribution >= 0.6 is 0 Å². The first-order valence-electron chi connectivity index (χ1n) is 8.50. The van der Waals surface area contributed by atoms with Crippen LogP contribution in [-0.2, 0) is 5.41 Å². The van der Waals surface area contributed by atoms with E-state index in [-0.39, 0.29) is 11.2 Å². The lowest BCUT2D eigenvalue weighted by Crippen LogP contribution is -2.10. The maximum absolute atomic E-state index is 12.5. The minimum absolute atomic E-state index is 0.00824. The van der Waals surface area contributed by atoms with Crippen LogP contribution in [0.2, 0.25) is 0 Å². The highest BCUT2D eigenvalue weighted by atomic mass is 16.1. The molecule has 0 aliphatic rings. The first kappa shape index (κ1) is 17.0. The molecule has 0 saturated heterocycles. The van der Waals surface area contributed by atoms with E-state index in [1.54, 1.807) is 6.08 Å². The minimum atomic E-state index is 0.00824. The molecule has 0 aliphatic heterocycles. The molecule has 126 valence electrons. The Hall–Kier alpha value is -2.87. The van der Waals surface area contributed by atoms with Gasteiger partial charge in [0, 0.05) is 23.6 Å². The second-order valence-electron chi connectivity index (χ2n) is 7.21. The Bertz CT molecular complexity index is 879. The molecule has 2 aromatic carbocycles. The summed E-state index contributed by atoms with van der Waals surface area (Å²) in [5.74, 6) is 0.00824. The van der Waals surface area contributed by atoms with E-state index in [4.69, 9.17) is 0 Å². The fourth-order valence-electron chi connectivity index (χ4n) is 2.69. The Kier molecular flexibility index (Phi) is 4.71. The molecule has 0 atom stereocenters. The zero-order chi connectivity index (χ0) is 17.9. The highest BCUT2D eigenvalue weighted by molar-refractivity contribution is 6.07. The monoisotopic (exact) mass is 329 g/mol. The second-order valence-corrected chi connectivity index (χ2v) is 7.21. The zero-order valence-corrected chi connectivity index (χ0v) is 14.9.